The summed E-state index contributed by atoms with van der Waals surface area (Å²) in [6.07, 6.45) is 1.58. The normalized spacial score (nSPS) is 14.6. The number of oxazole rings is 1. The van der Waals surface area contributed by atoms with Crippen LogP contribution in [-0.4, -0.2) is 30.5 Å². The van der Waals surface area contributed by atoms with Crippen LogP contribution in [0.1, 0.15) is 18.4 Å². The van der Waals surface area contributed by atoms with E-state index in [1.54, 1.807) is 0 Å². The van der Waals surface area contributed by atoms with E-state index in [2.05, 4.69) is 27.0 Å². The lowest BCUT2D eigenvalue weighted by Gasteiger charge is -2.29. The van der Waals surface area contributed by atoms with Gasteiger partial charge in [0.15, 0.2) is 5.58 Å². The van der Waals surface area contributed by atoms with Gasteiger partial charge < -0.3 is 14.6 Å². The van der Waals surface area contributed by atoms with E-state index in [4.69, 9.17) is 4.42 Å². The Bertz CT molecular complexity index is 944. The Balaban J connectivity index is 1.27. The summed E-state index contributed by atoms with van der Waals surface area (Å²) in [6, 6.07) is 18.2. The fourth-order valence-electron chi connectivity index (χ4n) is 3.27. The number of amides is 1. The number of nitrogens with one attached hydrogen (secondary N) is 1. The van der Waals surface area contributed by atoms with Crippen molar-refractivity contribution in [2.24, 2.45) is 5.92 Å². The summed E-state index contributed by atoms with van der Waals surface area (Å²) in [5, 5.41) is 2.93. The third kappa shape index (κ3) is 4.12. The lowest BCUT2D eigenvalue weighted by atomic mass is 9.96. The highest BCUT2D eigenvalue weighted by molar-refractivity contribution is 5.79. The summed E-state index contributed by atoms with van der Waals surface area (Å²) in [5.41, 5.74) is 2.62. The van der Waals surface area contributed by atoms with Gasteiger partial charge in [0.25, 0.3) is 6.01 Å². The molecule has 2 heterocycles. The predicted octanol–water partition coefficient (Wildman–Crippen LogP) is 3.21. The number of nitrogens with zero attached hydrogens (tertiary/aromatic N) is 2. The molecule has 5 nitrogen and oxygen atoms in total. The molecular weight excluding hydrogens is 338 g/mol. The molecule has 1 aliphatic heterocycles. The molecule has 1 fully saturated rings. The van der Waals surface area contributed by atoms with Crippen LogP contribution in [0.2, 0.25) is 0 Å². The number of hydrogen-bond donors (Lipinski definition) is 1. The van der Waals surface area contributed by atoms with E-state index in [0.29, 0.717) is 12.6 Å². The smallest absolute Gasteiger partial charge is 0.298 e. The van der Waals surface area contributed by atoms with Gasteiger partial charge >= 0.3 is 0 Å². The minimum absolute atomic E-state index is 0.0177. The van der Waals surface area contributed by atoms with E-state index in [9.17, 15) is 4.79 Å². The maximum absolute atomic E-state index is 12.4. The second-order valence-corrected chi connectivity index (χ2v) is 6.61. The van der Waals surface area contributed by atoms with Gasteiger partial charge in [0.2, 0.25) is 5.91 Å². The van der Waals surface area contributed by atoms with E-state index in [1.165, 1.54) is 0 Å². The monoisotopic (exact) mass is 359 g/mol. The van der Waals surface area contributed by atoms with Crippen molar-refractivity contribution in [1.82, 2.24) is 10.3 Å². The van der Waals surface area contributed by atoms with Crippen molar-refractivity contribution in [2.45, 2.75) is 12.8 Å². The van der Waals surface area contributed by atoms with E-state index < -0.39 is 0 Å². The average Bonchev–Trinajstić information content (AvgIpc) is 3.16. The molecule has 0 atom stereocenters. The number of carbonyl (C=O) groups excluding carboxylic acids is 1. The number of rotatable bonds is 3. The first-order valence-corrected chi connectivity index (χ1v) is 9.22. The molecule has 2 aromatic carbocycles. The van der Waals surface area contributed by atoms with Crippen molar-refractivity contribution >= 4 is 23.0 Å². The predicted molar refractivity (Wildman–Crippen MR) is 105 cm³/mol. The second kappa shape index (κ2) is 7.96. The fraction of sp³-hybridized carbons (Fsp3) is 0.273. The van der Waals surface area contributed by atoms with E-state index >= 15 is 0 Å². The summed E-state index contributed by atoms with van der Waals surface area (Å²) in [4.78, 5) is 19.0. The molecule has 0 aliphatic carbocycles. The number of carbonyl (C=O) groups is 1. The third-order valence-corrected chi connectivity index (χ3v) is 4.78. The van der Waals surface area contributed by atoms with E-state index in [-0.39, 0.29) is 11.8 Å². The fourth-order valence-corrected chi connectivity index (χ4v) is 3.27. The van der Waals surface area contributed by atoms with Gasteiger partial charge in [0, 0.05) is 24.6 Å². The van der Waals surface area contributed by atoms with Crippen LogP contribution in [0.15, 0.2) is 59.0 Å². The highest BCUT2D eigenvalue weighted by atomic mass is 16.4. The Morgan fingerprint density at radius 2 is 1.85 bits per heavy atom. The number of piperidine rings is 1. The summed E-state index contributed by atoms with van der Waals surface area (Å²) < 4.78 is 5.82. The molecule has 1 amide bonds. The van der Waals surface area contributed by atoms with Crippen LogP contribution in [-0.2, 0) is 4.79 Å². The molecular formula is C22H21N3O2. The van der Waals surface area contributed by atoms with Gasteiger partial charge in [0.1, 0.15) is 5.52 Å². The molecule has 0 spiro atoms. The molecule has 1 saturated heterocycles. The van der Waals surface area contributed by atoms with Crippen molar-refractivity contribution in [2.75, 3.05) is 24.5 Å². The van der Waals surface area contributed by atoms with Crippen LogP contribution in [0, 0.1) is 17.8 Å². The summed E-state index contributed by atoms with van der Waals surface area (Å²) >= 11 is 0. The molecule has 4 rings (SSSR count). The quantitative estimate of drug-likeness (QED) is 0.730. The van der Waals surface area contributed by atoms with Crippen molar-refractivity contribution < 1.29 is 9.21 Å². The summed E-state index contributed by atoms with van der Waals surface area (Å²) in [6.45, 7) is 1.90. The van der Waals surface area contributed by atoms with Crippen LogP contribution >= 0.6 is 0 Å². The van der Waals surface area contributed by atoms with Gasteiger partial charge in [0.05, 0.1) is 6.54 Å². The minimum Gasteiger partial charge on any atom is -0.423 e. The maximum Gasteiger partial charge on any atom is 0.298 e. The van der Waals surface area contributed by atoms with Gasteiger partial charge in [-0.25, -0.2) is 0 Å². The van der Waals surface area contributed by atoms with Gasteiger partial charge in [-0.1, -0.05) is 42.2 Å². The average molecular weight is 359 g/mol. The molecule has 0 saturated carbocycles. The number of para-hydroxylation sites is 2. The zero-order chi connectivity index (χ0) is 18.5. The van der Waals surface area contributed by atoms with Crippen LogP contribution < -0.4 is 10.2 Å². The number of aromatic nitrogens is 1. The molecule has 0 unspecified atom stereocenters. The van der Waals surface area contributed by atoms with Crippen LogP contribution in [0.25, 0.3) is 11.1 Å². The standard InChI is InChI=1S/C22H21N3O2/c26-21(23-14-6-9-17-7-2-1-3-8-17)18-12-15-25(16-13-18)22-24-19-10-4-5-11-20(19)27-22/h1-5,7-8,10-11,18H,12-16H2,(H,23,26). The molecule has 27 heavy (non-hydrogen) atoms. The number of fused-ring (bicyclic) bond motifs is 1. The van der Waals surface area contributed by atoms with Crippen LogP contribution in [0.4, 0.5) is 6.01 Å². The molecule has 0 radical (unpaired) electrons. The first kappa shape index (κ1) is 17.2. The maximum atomic E-state index is 12.4. The van der Waals surface area contributed by atoms with Crippen molar-refractivity contribution in [1.29, 1.82) is 0 Å². The van der Waals surface area contributed by atoms with Crippen molar-refractivity contribution in [3.8, 4) is 11.8 Å². The first-order valence-electron chi connectivity index (χ1n) is 9.22. The molecule has 5 heteroatoms. The number of anilines is 1. The number of benzene rings is 2. The Hall–Kier alpha value is -3.26. The molecule has 136 valence electrons. The third-order valence-electron chi connectivity index (χ3n) is 4.78. The Kier molecular flexibility index (Phi) is 5.06. The van der Waals surface area contributed by atoms with Gasteiger partial charge in [-0.15, -0.1) is 0 Å². The molecule has 1 N–H and O–H groups in total. The topological polar surface area (TPSA) is 58.4 Å². The second-order valence-electron chi connectivity index (χ2n) is 6.61. The largest absolute Gasteiger partial charge is 0.423 e. The zero-order valence-corrected chi connectivity index (χ0v) is 15.0. The SMILES string of the molecule is O=C(NCC#Cc1ccccc1)C1CCN(c2nc3ccccc3o2)CC1. The molecule has 0 bridgehead atoms. The minimum atomic E-state index is 0.0177. The van der Waals surface area contributed by atoms with Crippen molar-refractivity contribution in [3.05, 3.63) is 60.2 Å². The lowest BCUT2D eigenvalue weighted by Crippen LogP contribution is -2.40. The van der Waals surface area contributed by atoms with Crippen LogP contribution in [0.3, 0.4) is 0 Å². The van der Waals surface area contributed by atoms with E-state index in [0.717, 1.165) is 42.6 Å². The van der Waals surface area contributed by atoms with Gasteiger partial charge in [-0.3, -0.25) is 4.79 Å². The Labute approximate surface area is 158 Å². The van der Waals surface area contributed by atoms with Crippen LogP contribution in [0.5, 0.6) is 0 Å². The number of hydrogen-bond acceptors (Lipinski definition) is 4. The summed E-state index contributed by atoms with van der Waals surface area (Å²) in [5.74, 6) is 6.15. The summed E-state index contributed by atoms with van der Waals surface area (Å²) in [7, 11) is 0. The van der Waals surface area contributed by atoms with Gasteiger partial charge in [-0.05, 0) is 37.1 Å². The lowest BCUT2D eigenvalue weighted by molar-refractivity contribution is -0.125. The Morgan fingerprint density at radius 1 is 1.11 bits per heavy atom. The van der Waals surface area contributed by atoms with Crippen molar-refractivity contribution in [3.63, 3.8) is 0 Å². The molecule has 1 aliphatic rings. The highest BCUT2D eigenvalue weighted by Gasteiger charge is 2.26. The highest BCUT2D eigenvalue weighted by Crippen LogP contribution is 2.26. The first-order chi connectivity index (χ1) is 13.3. The Morgan fingerprint density at radius 3 is 2.63 bits per heavy atom. The molecule has 3 aromatic rings. The molecule has 1 aromatic heterocycles. The van der Waals surface area contributed by atoms with Gasteiger partial charge in [-0.2, -0.15) is 4.98 Å². The van der Waals surface area contributed by atoms with E-state index in [1.807, 2.05) is 54.6 Å². The zero-order valence-electron chi connectivity index (χ0n) is 15.0.